The van der Waals surface area contributed by atoms with E-state index in [9.17, 15) is 9.59 Å². The molecule has 0 radical (unpaired) electrons. The average molecular weight is 242 g/mol. The molecular formula is C14H14N2O2. The third-order valence-electron chi connectivity index (χ3n) is 4.41. The summed E-state index contributed by atoms with van der Waals surface area (Å²) in [6, 6.07) is 5.41. The standard InChI is InChI=1S/C14H14N2O2/c17-13(10-4-8-3-9(8)5-10)7-1-2-11-12(6-7)16-14(18)15-11/h1-2,6,8-10H,3-5H2,(H2,15,16,18). The normalized spacial score (nSPS) is 29.4. The topological polar surface area (TPSA) is 65.7 Å². The molecule has 0 saturated heterocycles. The second kappa shape index (κ2) is 3.34. The van der Waals surface area contributed by atoms with Crippen molar-refractivity contribution in [2.45, 2.75) is 19.3 Å². The van der Waals surface area contributed by atoms with Crippen molar-refractivity contribution < 1.29 is 4.79 Å². The van der Waals surface area contributed by atoms with Crippen LogP contribution in [0.15, 0.2) is 23.0 Å². The number of hydrogen-bond donors (Lipinski definition) is 2. The first kappa shape index (κ1) is 10.1. The van der Waals surface area contributed by atoms with E-state index in [0.29, 0.717) is 5.52 Å². The molecule has 92 valence electrons. The minimum atomic E-state index is -0.225. The Labute approximate surface area is 103 Å². The molecule has 4 rings (SSSR count). The molecule has 0 aliphatic heterocycles. The lowest BCUT2D eigenvalue weighted by molar-refractivity contribution is 0.0914. The summed E-state index contributed by atoms with van der Waals surface area (Å²) in [6.07, 6.45) is 3.45. The van der Waals surface area contributed by atoms with E-state index in [0.717, 1.165) is 35.8 Å². The number of rotatable bonds is 2. The Bertz CT molecular complexity index is 687. The molecule has 1 heterocycles. The number of fused-ring (bicyclic) bond motifs is 2. The number of nitrogens with one attached hydrogen (secondary N) is 2. The number of Topliss-reactive ketones (excluding diaryl/α,β-unsaturated/α-hetero) is 1. The highest BCUT2D eigenvalue weighted by molar-refractivity contribution is 6.00. The van der Waals surface area contributed by atoms with Crippen LogP contribution >= 0.6 is 0 Å². The van der Waals surface area contributed by atoms with Gasteiger partial charge in [-0.2, -0.15) is 0 Å². The maximum Gasteiger partial charge on any atom is 0.323 e. The summed E-state index contributed by atoms with van der Waals surface area (Å²) in [5.74, 6) is 2.08. The van der Waals surface area contributed by atoms with Crippen molar-refractivity contribution in [3.8, 4) is 0 Å². The monoisotopic (exact) mass is 242 g/mol. The molecule has 1 aromatic carbocycles. The number of H-pyrrole nitrogens is 2. The van der Waals surface area contributed by atoms with E-state index < -0.39 is 0 Å². The first-order chi connectivity index (χ1) is 8.70. The summed E-state index contributed by atoms with van der Waals surface area (Å²) in [5.41, 5.74) is 1.97. The zero-order valence-corrected chi connectivity index (χ0v) is 9.90. The van der Waals surface area contributed by atoms with Crippen LogP contribution in [-0.2, 0) is 0 Å². The fourth-order valence-corrected chi connectivity index (χ4v) is 3.35. The molecule has 0 bridgehead atoms. The highest BCUT2D eigenvalue weighted by atomic mass is 16.1. The number of carbonyl (C=O) groups is 1. The first-order valence-corrected chi connectivity index (χ1v) is 6.47. The molecule has 2 N–H and O–H groups in total. The van der Waals surface area contributed by atoms with Crippen LogP contribution in [-0.4, -0.2) is 15.8 Å². The van der Waals surface area contributed by atoms with Gasteiger partial charge in [0.1, 0.15) is 0 Å². The van der Waals surface area contributed by atoms with E-state index in [1.807, 2.05) is 6.07 Å². The highest BCUT2D eigenvalue weighted by Crippen LogP contribution is 2.54. The van der Waals surface area contributed by atoms with Gasteiger partial charge in [0.05, 0.1) is 11.0 Å². The van der Waals surface area contributed by atoms with E-state index in [2.05, 4.69) is 9.97 Å². The molecule has 2 atom stereocenters. The third-order valence-corrected chi connectivity index (χ3v) is 4.41. The van der Waals surface area contributed by atoms with Gasteiger partial charge in [0, 0.05) is 11.5 Å². The lowest BCUT2D eigenvalue weighted by atomic mass is 9.93. The van der Waals surface area contributed by atoms with Crippen LogP contribution in [0.2, 0.25) is 0 Å². The van der Waals surface area contributed by atoms with Crippen molar-refractivity contribution in [1.29, 1.82) is 0 Å². The molecule has 0 spiro atoms. The number of imidazole rings is 1. The minimum Gasteiger partial charge on any atom is -0.306 e. The Balaban J connectivity index is 1.68. The van der Waals surface area contributed by atoms with Gasteiger partial charge in [-0.05, 0) is 49.3 Å². The smallest absolute Gasteiger partial charge is 0.306 e. The van der Waals surface area contributed by atoms with Crippen LogP contribution in [0.1, 0.15) is 29.6 Å². The maximum atomic E-state index is 12.4. The van der Waals surface area contributed by atoms with Gasteiger partial charge in [-0.25, -0.2) is 4.79 Å². The zero-order chi connectivity index (χ0) is 12.3. The largest absolute Gasteiger partial charge is 0.323 e. The zero-order valence-electron chi connectivity index (χ0n) is 9.90. The van der Waals surface area contributed by atoms with Crippen molar-refractivity contribution in [3.63, 3.8) is 0 Å². The lowest BCUT2D eigenvalue weighted by Gasteiger charge is -2.10. The number of carbonyl (C=O) groups excluding carboxylic acids is 1. The molecule has 18 heavy (non-hydrogen) atoms. The fraction of sp³-hybridized carbons (Fsp3) is 0.429. The van der Waals surface area contributed by atoms with Gasteiger partial charge in [-0.1, -0.05) is 0 Å². The highest BCUT2D eigenvalue weighted by Gasteiger charge is 2.47. The van der Waals surface area contributed by atoms with Crippen molar-refractivity contribution in [1.82, 2.24) is 9.97 Å². The van der Waals surface area contributed by atoms with E-state index >= 15 is 0 Å². The first-order valence-electron chi connectivity index (χ1n) is 6.47. The van der Waals surface area contributed by atoms with Crippen molar-refractivity contribution in [3.05, 3.63) is 34.2 Å². The molecule has 2 saturated carbocycles. The second-order valence-corrected chi connectivity index (χ2v) is 5.63. The van der Waals surface area contributed by atoms with Crippen LogP contribution in [0, 0.1) is 17.8 Å². The van der Waals surface area contributed by atoms with Crippen LogP contribution < -0.4 is 5.69 Å². The number of hydrogen-bond acceptors (Lipinski definition) is 2. The van der Waals surface area contributed by atoms with Gasteiger partial charge in [0.25, 0.3) is 0 Å². The van der Waals surface area contributed by atoms with Gasteiger partial charge < -0.3 is 9.97 Å². The quantitative estimate of drug-likeness (QED) is 0.792. The molecule has 2 unspecified atom stereocenters. The van der Waals surface area contributed by atoms with Gasteiger partial charge in [0.15, 0.2) is 5.78 Å². The van der Waals surface area contributed by atoms with Crippen LogP contribution in [0.5, 0.6) is 0 Å². The Morgan fingerprint density at radius 3 is 2.56 bits per heavy atom. The summed E-state index contributed by atoms with van der Waals surface area (Å²) in [5, 5.41) is 0. The minimum absolute atomic E-state index is 0.205. The number of benzene rings is 1. The van der Waals surface area contributed by atoms with Crippen molar-refractivity contribution in [2.75, 3.05) is 0 Å². The number of ketones is 1. The summed E-state index contributed by atoms with van der Waals surface area (Å²) >= 11 is 0. The third kappa shape index (κ3) is 1.45. The Hall–Kier alpha value is -1.84. The Morgan fingerprint density at radius 1 is 1.06 bits per heavy atom. The van der Waals surface area contributed by atoms with Gasteiger partial charge in [-0.3, -0.25) is 4.79 Å². The molecule has 4 heteroatoms. The molecule has 2 aliphatic rings. The van der Waals surface area contributed by atoms with Gasteiger partial charge >= 0.3 is 5.69 Å². The molecular weight excluding hydrogens is 228 g/mol. The maximum absolute atomic E-state index is 12.4. The SMILES string of the molecule is O=C(c1ccc2[nH]c(=O)[nH]c2c1)C1CC2CC2C1. The van der Waals surface area contributed by atoms with E-state index in [1.165, 1.54) is 6.42 Å². The summed E-state index contributed by atoms with van der Waals surface area (Å²) in [7, 11) is 0. The van der Waals surface area contributed by atoms with E-state index in [1.54, 1.807) is 12.1 Å². The number of aromatic nitrogens is 2. The fourth-order valence-electron chi connectivity index (χ4n) is 3.35. The van der Waals surface area contributed by atoms with Crippen LogP contribution in [0.25, 0.3) is 11.0 Å². The molecule has 4 nitrogen and oxygen atoms in total. The molecule has 2 aromatic rings. The summed E-state index contributed by atoms with van der Waals surface area (Å²) in [4.78, 5) is 28.9. The van der Waals surface area contributed by atoms with E-state index in [4.69, 9.17) is 0 Å². The summed E-state index contributed by atoms with van der Waals surface area (Å²) in [6.45, 7) is 0. The van der Waals surface area contributed by atoms with Crippen molar-refractivity contribution >= 4 is 16.8 Å². The van der Waals surface area contributed by atoms with Crippen molar-refractivity contribution in [2.24, 2.45) is 17.8 Å². The van der Waals surface area contributed by atoms with E-state index in [-0.39, 0.29) is 17.4 Å². The molecule has 1 aromatic heterocycles. The van der Waals surface area contributed by atoms with Crippen LogP contribution in [0.4, 0.5) is 0 Å². The summed E-state index contributed by atoms with van der Waals surface area (Å²) < 4.78 is 0. The Kier molecular flexibility index (Phi) is 1.88. The number of aromatic amines is 2. The van der Waals surface area contributed by atoms with Gasteiger partial charge in [0.2, 0.25) is 0 Å². The average Bonchev–Trinajstić information content (AvgIpc) is 2.82. The second-order valence-electron chi connectivity index (χ2n) is 5.63. The lowest BCUT2D eigenvalue weighted by Crippen LogP contribution is -2.12. The predicted molar refractivity (Wildman–Crippen MR) is 67.6 cm³/mol. The van der Waals surface area contributed by atoms with Crippen LogP contribution in [0.3, 0.4) is 0 Å². The molecule has 0 amide bonds. The van der Waals surface area contributed by atoms with Gasteiger partial charge in [-0.15, -0.1) is 0 Å². The Morgan fingerprint density at radius 2 is 1.78 bits per heavy atom. The molecule has 2 fully saturated rings. The predicted octanol–water partition coefficient (Wildman–Crippen LogP) is 2.08. The molecule has 2 aliphatic carbocycles.